The predicted molar refractivity (Wildman–Crippen MR) is 124 cm³/mol. The van der Waals surface area contributed by atoms with Gasteiger partial charge in [-0.05, 0) is 46.1 Å². The molecule has 1 aromatic rings. The summed E-state index contributed by atoms with van der Waals surface area (Å²) in [5.74, 6) is -1.82. The molecular weight excluding hydrogens is 422 g/mol. The van der Waals surface area contributed by atoms with Crippen molar-refractivity contribution in [2.24, 2.45) is 5.92 Å². The van der Waals surface area contributed by atoms with Crippen LogP contribution >= 0.6 is 0 Å². The average Bonchev–Trinajstić information content (AvgIpc) is 3.37. The van der Waals surface area contributed by atoms with Crippen molar-refractivity contribution < 1.29 is 28.5 Å². The molecule has 1 N–H and O–H groups in total. The van der Waals surface area contributed by atoms with Gasteiger partial charge in [0.05, 0.1) is 18.8 Å². The summed E-state index contributed by atoms with van der Waals surface area (Å²) in [6, 6.07) is 9.83. The number of ether oxygens (including phenoxy) is 5. The Hall–Kier alpha value is -1.93. The van der Waals surface area contributed by atoms with Gasteiger partial charge in [0.25, 0.3) is 0 Å². The van der Waals surface area contributed by atoms with E-state index in [0.29, 0.717) is 13.0 Å². The number of hydrogen-bond acceptors (Lipinski definition) is 7. The highest BCUT2D eigenvalue weighted by Gasteiger charge is 2.58. The summed E-state index contributed by atoms with van der Waals surface area (Å²) in [6.07, 6.45) is 3.20. The van der Waals surface area contributed by atoms with Crippen LogP contribution in [0.2, 0.25) is 0 Å². The highest BCUT2D eigenvalue weighted by molar-refractivity contribution is 5.91. The van der Waals surface area contributed by atoms with Crippen molar-refractivity contribution >= 4 is 11.7 Å². The maximum Gasteiger partial charge on any atom is 0.333 e. The van der Waals surface area contributed by atoms with E-state index in [1.165, 1.54) is 0 Å². The molecular formula is C26H37NO6. The van der Waals surface area contributed by atoms with Crippen molar-refractivity contribution in [2.75, 3.05) is 13.2 Å². The number of nitrogens with one attached hydrogen (secondary N) is 1. The lowest BCUT2D eigenvalue weighted by Crippen LogP contribution is -2.41. The highest BCUT2D eigenvalue weighted by atomic mass is 16.8. The molecule has 2 heterocycles. The summed E-state index contributed by atoms with van der Waals surface area (Å²) in [7, 11) is 0. The minimum atomic E-state index is -0.704. The second-order valence-corrected chi connectivity index (χ2v) is 10.0. The molecule has 1 aliphatic carbocycles. The second-order valence-electron chi connectivity index (χ2n) is 10.0. The molecule has 0 amide bonds. The van der Waals surface area contributed by atoms with E-state index in [1.54, 1.807) is 6.08 Å². The zero-order valence-corrected chi connectivity index (χ0v) is 20.3. The maximum absolute atomic E-state index is 13.1. The quantitative estimate of drug-likeness (QED) is 0.357. The number of hydrogen-bond donors (Lipinski definition) is 1. The molecule has 3 fully saturated rings. The monoisotopic (exact) mass is 459 g/mol. The normalized spacial score (nSPS) is 32.5. The molecule has 3 aliphatic rings. The van der Waals surface area contributed by atoms with Crippen LogP contribution in [0.4, 0.5) is 0 Å². The zero-order chi connectivity index (χ0) is 23.6. The van der Waals surface area contributed by atoms with Gasteiger partial charge in [-0.15, -0.1) is 0 Å². The zero-order valence-electron chi connectivity index (χ0n) is 20.3. The van der Waals surface area contributed by atoms with Crippen LogP contribution in [-0.4, -0.2) is 55.1 Å². The Morgan fingerprint density at radius 1 is 1.09 bits per heavy atom. The third kappa shape index (κ3) is 5.77. The fourth-order valence-corrected chi connectivity index (χ4v) is 4.95. The van der Waals surface area contributed by atoms with Crippen LogP contribution in [0.3, 0.4) is 0 Å². The number of unbranched alkanes of at least 4 members (excludes halogenated alkanes) is 1. The molecule has 33 heavy (non-hydrogen) atoms. The van der Waals surface area contributed by atoms with Gasteiger partial charge in [-0.25, -0.2) is 4.79 Å². The Morgan fingerprint density at radius 2 is 1.82 bits per heavy atom. The van der Waals surface area contributed by atoms with Crippen molar-refractivity contribution in [3.63, 3.8) is 0 Å². The Bertz CT molecular complexity index is 852. The van der Waals surface area contributed by atoms with E-state index in [1.807, 2.05) is 58.0 Å². The van der Waals surface area contributed by atoms with E-state index in [0.717, 1.165) is 30.6 Å². The molecule has 2 saturated heterocycles. The molecule has 0 aromatic heterocycles. The standard InChI is InChI=1S/C26H37NO6/c1-6-7-13-27-19(17-11-9-8-10-12-17)15-22(28)30-23-18(21-16-29-25(2,3)32-21)14-20-24(23)33-26(4,5)31-20/h8-12,15,18,20-21,23-24,27H,6-7,13-14,16H2,1-5H3/b19-15-/t18-,20+,21-,23+,24+/m1/s1. The number of carbonyl (C=O) groups excluding carboxylic acids is 1. The lowest BCUT2D eigenvalue weighted by molar-refractivity contribution is -0.190. The summed E-state index contributed by atoms with van der Waals surface area (Å²) in [5, 5.41) is 3.39. The minimum absolute atomic E-state index is 0.0662. The first-order valence-electron chi connectivity index (χ1n) is 12.1. The van der Waals surface area contributed by atoms with Gasteiger partial charge in [0.15, 0.2) is 11.6 Å². The number of rotatable bonds is 8. The topological polar surface area (TPSA) is 75.3 Å². The summed E-state index contributed by atoms with van der Waals surface area (Å²) in [6.45, 7) is 11.0. The van der Waals surface area contributed by atoms with E-state index in [4.69, 9.17) is 23.7 Å². The molecule has 7 heteroatoms. The third-order valence-electron chi connectivity index (χ3n) is 6.42. The van der Waals surface area contributed by atoms with Gasteiger partial charge in [-0.3, -0.25) is 0 Å². The molecule has 7 nitrogen and oxygen atoms in total. The lowest BCUT2D eigenvalue weighted by atomic mass is 9.98. The second kappa shape index (κ2) is 9.74. The van der Waals surface area contributed by atoms with Crippen molar-refractivity contribution in [3.05, 3.63) is 42.0 Å². The van der Waals surface area contributed by atoms with Gasteiger partial charge >= 0.3 is 5.97 Å². The van der Waals surface area contributed by atoms with E-state index in [-0.39, 0.29) is 24.2 Å². The number of carbonyl (C=O) groups is 1. The summed E-state index contributed by atoms with van der Waals surface area (Å²) in [4.78, 5) is 13.1. The SMILES string of the molecule is CCCCN/C(=C\C(=O)O[C@H]1[C@@H]([C@H]2COC(C)(C)O2)C[C@@H]2OC(C)(C)O[C@H]12)c1ccccc1. The van der Waals surface area contributed by atoms with Crippen LogP contribution in [0.25, 0.3) is 5.70 Å². The molecule has 0 bridgehead atoms. The van der Waals surface area contributed by atoms with Crippen LogP contribution in [0.15, 0.2) is 36.4 Å². The average molecular weight is 460 g/mol. The molecule has 0 unspecified atom stereocenters. The van der Waals surface area contributed by atoms with Gasteiger partial charge in [-0.2, -0.15) is 0 Å². The Morgan fingerprint density at radius 3 is 2.48 bits per heavy atom. The van der Waals surface area contributed by atoms with E-state index in [2.05, 4.69) is 12.2 Å². The van der Waals surface area contributed by atoms with Crippen molar-refractivity contribution in [3.8, 4) is 0 Å². The highest BCUT2D eigenvalue weighted by Crippen LogP contribution is 2.46. The molecule has 2 aliphatic heterocycles. The Labute approximate surface area is 196 Å². The number of fused-ring (bicyclic) bond motifs is 1. The Kier molecular flexibility index (Phi) is 7.15. The fourth-order valence-electron chi connectivity index (χ4n) is 4.95. The van der Waals surface area contributed by atoms with Gasteiger partial charge in [0, 0.05) is 24.2 Å². The molecule has 1 aromatic carbocycles. The van der Waals surface area contributed by atoms with Crippen LogP contribution in [0.1, 0.15) is 59.4 Å². The smallest absolute Gasteiger partial charge is 0.333 e. The summed E-state index contributed by atoms with van der Waals surface area (Å²) < 4.78 is 30.3. The molecule has 182 valence electrons. The lowest BCUT2D eigenvalue weighted by Gasteiger charge is -2.29. The first-order chi connectivity index (χ1) is 15.7. The van der Waals surface area contributed by atoms with Crippen LogP contribution in [0.5, 0.6) is 0 Å². The van der Waals surface area contributed by atoms with Crippen LogP contribution in [0, 0.1) is 5.92 Å². The van der Waals surface area contributed by atoms with Gasteiger partial charge in [-0.1, -0.05) is 43.7 Å². The van der Waals surface area contributed by atoms with E-state index in [9.17, 15) is 4.79 Å². The fraction of sp³-hybridized carbons (Fsp3) is 0.654. The molecule has 4 rings (SSSR count). The largest absolute Gasteiger partial charge is 0.456 e. The number of esters is 1. The predicted octanol–water partition coefficient (Wildman–Crippen LogP) is 4.02. The summed E-state index contributed by atoms with van der Waals surface area (Å²) in [5.41, 5.74) is 1.70. The van der Waals surface area contributed by atoms with E-state index < -0.39 is 23.6 Å². The van der Waals surface area contributed by atoms with Crippen molar-refractivity contribution in [1.29, 1.82) is 0 Å². The van der Waals surface area contributed by atoms with Crippen LogP contribution in [-0.2, 0) is 28.5 Å². The first kappa shape index (κ1) is 24.2. The van der Waals surface area contributed by atoms with E-state index >= 15 is 0 Å². The summed E-state index contributed by atoms with van der Waals surface area (Å²) >= 11 is 0. The molecule has 0 radical (unpaired) electrons. The van der Waals surface area contributed by atoms with Gasteiger partial charge in [0.2, 0.25) is 0 Å². The van der Waals surface area contributed by atoms with Crippen LogP contribution < -0.4 is 5.32 Å². The van der Waals surface area contributed by atoms with Crippen molar-refractivity contribution in [1.82, 2.24) is 5.32 Å². The molecule has 1 saturated carbocycles. The Balaban J connectivity index is 1.53. The van der Waals surface area contributed by atoms with Gasteiger partial charge in [0.1, 0.15) is 12.2 Å². The first-order valence-corrected chi connectivity index (χ1v) is 12.1. The van der Waals surface area contributed by atoms with Gasteiger partial charge < -0.3 is 29.0 Å². The molecule has 0 spiro atoms. The maximum atomic E-state index is 13.1. The number of benzene rings is 1. The minimum Gasteiger partial charge on any atom is -0.456 e. The third-order valence-corrected chi connectivity index (χ3v) is 6.42. The molecule has 5 atom stereocenters. The van der Waals surface area contributed by atoms with Crippen molar-refractivity contribution in [2.45, 2.75) is 89.9 Å².